The zero-order valence-corrected chi connectivity index (χ0v) is 18.7. The van der Waals surface area contributed by atoms with Crippen LogP contribution in [0.15, 0.2) is 5.38 Å². The van der Waals surface area contributed by atoms with E-state index >= 15 is 0 Å². The minimum Gasteiger partial charge on any atom is -0.389 e. The van der Waals surface area contributed by atoms with Gasteiger partial charge in [0.05, 0.1) is 29.5 Å². The van der Waals surface area contributed by atoms with Crippen molar-refractivity contribution in [1.29, 1.82) is 0 Å². The third-order valence-electron chi connectivity index (χ3n) is 6.32. The molecule has 7 nitrogen and oxygen atoms in total. The fraction of sp³-hybridized carbons (Fsp3) is 0.864. The number of ether oxygens (including phenoxy) is 1. The number of nitrogens with zero attached hydrogens (tertiary/aromatic N) is 2. The van der Waals surface area contributed by atoms with Crippen LogP contribution in [-0.4, -0.2) is 81.0 Å². The molecule has 1 saturated carbocycles. The topological polar surface area (TPSA) is 106 Å². The molecule has 0 amide bonds. The predicted molar refractivity (Wildman–Crippen MR) is 117 cm³/mol. The van der Waals surface area contributed by atoms with Crippen LogP contribution in [0.25, 0.3) is 0 Å². The van der Waals surface area contributed by atoms with E-state index in [1.165, 1.54) is 37.1 Å². The van der Waals surface area contributed by atoms with Crippen molar-refractivity contribution in [2.75, 3.05) is 26.2 Å². The van der Waals surface area contributed by atoms with Crippen molar-refractivity contribution in [3.05, 3.63) is 16.1 Å². The Morgan fingerprint density at radius 3 is 2.30 bits per heavy atom. The average molecular weight is 443 g/mol. The highest BCUT2D eigenvalue weighted by Gasteiger charge is 2.35. The van der Waals surface area contributed by atoms with Crippen LogP contribution in [0.1, 0.15) is 74.4 Å². The van der Waals surface area contributed by atoms with E-state index < -0.39 is 24.4 Å². The van der Waals surface area contributed by atoms with Crippen molar-refractivity contribution in [3.63, 3.8) is 0 Å². The molecule has 4 atom stereocenters. The summed E-state index contributed by atoms with van der Waals surface area (Å²) in [6.45, 7) is 2.61. The lowest BCUT2D eigenvalue weighted by Crippen LogP contribution is -2.43. The van der Waals surface area contributed by atoms with Crippen molar-refractivity contribution < 1.29 is 25.2 Å². The largest absolute Gasteiger partial charge is 0.389 e. The predicted octanol–water partition coefficient (Wildman–Crippen LogP) is 2.03. The van der Waals surface area contributed by atoms with Crippen LogP contribution in [0.3, 0.4) is 0 Å². The normalized spacial score (nSPS) is 29.2. The summed E-state index contributed by atoms with van der Waals surface area (Å²) in [5.41, 5.74) is 1.06. The third kappa shape index (κ3) is 7.22. The molecule has 2 heterocycles. The molecule has 0 bridgehead atoms. The fourth-order valence-electron chi connectivity index (χ4n) is 4.45. The minimum absolute atomic E-state index is 0.273. The van der Waals surface area contributed by atoms with Crippen LogP contribution < -0.4 is 0 Å². The van der Waals surface area contributed by atoms with Gasteiger partial charge in [0.15, 0.2) is 0 Å². The number of aliphatic hydroxyl groups is 4. The van der Waals surface area contributed by atoms with Crippen LogP contribution in [-0.2, 0) is 11.3 Å². The van der Waals surface area contributed by atoms with E-state index in [9.17, 15) is 20.4 Å². The van der Waals surface area contributed by atoms with E-state index in [0.29, 0.717) is 12.5 Å². The van der Waals surface area contributed by atoms with Gasteiger partial charge in [-0.25, -0.2) is 4.98 Å². The lowest BCUT2D eigenvalue weighted by molar-refractivity contribution is -0.0894. The van der Waals surface area contributed by atoms with E-state index in [0.717, 1.165) is 44.5 Å². The lowest BCUT2D eigenvalue weighted by atomic mass is 9.90. The second-order valence-electron chi connectivity index (χ2n) is 8.85. The van der Waals surface area contributed by atoms with E-state index in [1.54, 1.807) is 11.3 Å². The van der Waals surface area contributed by atoms with E-state index in [-0.39, 0.29) is 13.1 Å². The van der Waals surface area contributed by atoms with Gasteiger partial charge in [-0.15, -0.1) is 11.3 Å². The second-order valence-corrected chi connectivity index (χ2v) is 9.74. The van der Waals surface area contributed by atoms with Gasteiger partial charge < -0.3 is 25.2 Å². The molecule has 0 unspecified atom stereocenters. The summed E-state index contributed by atoms with van der Waals surface area (Å²) in [7, 11) is 0. The van der Waals surface area contributed by atoms with Gasteiger partial charge in [0.2, 0.25) is 0 Å². The summed E-state index contributed by atoms with van der Waals surface area (Å²) in [6.07, 6.45) is 6.00. The molecule has 30 heavy (non-hydrogen) atoms. The minimum atomic E-state index is -1.29. The second kappa shape index (κ2) is 12.4. The lowest BCUT2D eigenvalue weighted by Gasteiger charge is -2.23. The summed E-state index contributed by atoms with van der Waals surface area (Å²) >= 11 is 1.78. The highest BCUT2D eigenvalue weighted by atomic mass is 32.1. The molecule has 8 heteroatoms. The molecular weight excluding hydrogens is 404 g/mol. The molecule has 2 fully saturated rings. The zero-order chi connectivity index (χ0) is 21.3. The Bertz CT molecular complexity index is 594. The van der Waals surface area contributed by atoms with E-state index in [1.807, 2.05) is 4.90 Å². The highest BCUT2D eigenvalue weighted by molar-refractivity contribution is 7.09. The summed E-state index contributed by atoms with van der Waals surface area (Å²) in [4.78, 5) is 6.69. The number of likely N-dealkylation sites (tertiary alicyclic amines) is 1. The standard InChI is InChI=1S/C22H38N2O5S/c25-18-12-24(13-19(26)21(28)20(18)27)10-6-1-2-7-11-29-14-17-15-30-22(23-17)16-8-4-3-5-9-16/h15-16,18-21,25-28H,1-14H2/t18-,19-,20+,21+/m0/s1. The van der Waals surface area contributed by atoms with Gasteiger partial charge in [0, 0.05) is 31.0 Å². The molecule has 4 N–H and O–H groups in total. The molecule has 1 saturated heterocycles. The fourth-order valence-corrected chi connectivity index (χ4v) is 5.43. The van der Waals surface area contributed by atoms with Crippen molar-refractivity contribution >= 4 is 11.3 Å². The van der Waals surface area contributed by atoms with Crippen LogP contribution in [0, 0.1) is 0 Å². The zero-order valence-electron chi connectivity index (χ0n) is 17.9. The smallest absolute Gasteiger partial charge is 0.110 e. The highest BCUT2D eigenvalue weighted by Crippen LogP contribution is 2.34. The number of β-amino-alcohol motifs (C(OH)–C–C–N with tert-alkyl or cyclic N) is 2. The van der Waals surface area contributed by atoms with Gasteiger partial charge in [-0.3, -0.25) is 4.90 Å². The Morgan fingerprint density at radius 2 is 1.60 bits per heavy atom. The molecule has 1 aromatic heterocycles. The first kappa shape index (κ1) is 24.0. The van der Waals surface area contributed by atoms with E-state index in [2.05, 4.69) is 5.38 Å². The maximum atomic E-state index is 9.90. The SMILES string of the molecule is O[C@H]1[C@H](O)[C@@H](O)CN(CCCCCCOCc2csc(C3CCCCC3)n2)C[C@@H]1O. The number of hydrogen-bond acceptors (Lipinski definition) is 8. The Labute approximate surface area is 183 Å². The number of thiazole rings is 1. The number of unbranched alkanes of at least 4 members (excludes halogenated alkanes) is 3. The Kier molecular flexibility index (Phi) is 9.96. The molecular formula is C22H38N2O5S. The van der Waals surface area contributed by atoms with Crippen LogP contribution in [0.2, 0.25) is 0 Å². The van der Waals surface area contributed by atoms with Crippen molar-refractivity contribution in [3.8, 4) is 0 Å². The monoisotopic (exact) mass is 442 g/mol. The van der Waals surface area contributed by atoms with Crippen molar-refractivity contribution in [2.45, 2.75) is 94.7 Å². The van der Waals surface area contributed by atoms with Crippen LogP contribution in [0.4, 0.5) is 0 Å². The van der Waals surface area contributed by atoms with Crippen molar-refractivity contribution in [2.24, 2.45) is 0 Å². The Balaban J connectivity index is 1.23. The van der Waals surface area contributed by atoms with Gasteiger partial charge in [0.25, 0.3) is 0 Å². The third-order valence-corrected chi connectivity index (χ3v) is 7.37. The van der Waals surface area contributed by atoms with Crippen LogP contribution >= 0.6 is 11.3 Å². The van der Waals surface area contributed by atoms with Crippen molar-refractivity contribution in [1.82, 2.24) is 9.88 Å². The molecule has 172 valence electrons. The summed E-state index contributed by atoms with van der Waals surface area (Å²) < 4.78 is 5.80. The average Bonchev–Trinajstić information content (AvgIpc) is 3.20. The Hall–Kier alpha value is -0.610. The number of aliphatic hydroxyl groups excluding tert-OH is 4. The maximum absolute atomic E-state index is 9.90. The van der Waals surface area contributed by atoms with E-state index in [4.69, 9.17) is 9.72 Å². The quantitative estimate of drug-likeness (QED) is 0.411. The molecule has 1 aromatic rings. The van der Waals surface area contributed by atoms with Gasteiger partial charge >= 0.3 is 0 Å². The van der Waals surface area contributed by atoms with Gasteiger partial charge in [-0.2, -0.15) is 0 Å². The first-order chi connectivity index (χ1) is 14.5. The molecule has 0 spiro atoms. The Morgan fingerprint density at radius 1 is 0.933 bits per heavy atom. The molecule has 1 aliphatic carbocycles. The van der Waals surface area contributed by atoms with Crippen LogP contribution in [0.5, 0.6) is 0 Å². The van der Waals surface area contributed by atoms with Gasteiger partial charge in [-0.1, -0.05) is 32.1 Å². The maximum Gasteiger partial charge on any atom is 0.110 e. The number of hydrogen-bond donors (Lipinski definition) is 4. The molecule has 2 aliphatic rings. The molecule has 0 radical (unpaired) electrons. The summed E-state index contributed by atoms with van der Waals surface area (Å²) in [5, 5.41) is 42.7. The summed E-state index contributed by atoms with van der Waals surface area (Å²) in [5.74, 6) is 0.662. The van der Waals surface area contributed by atoms with Gasteiger partial charge in [-0.05, 0) is 32.2 Å². The van der Waals surface area contributed by atoms with Gasteiger partial charge in [0.1, 0.15) is 12.2 Å². The molecule has 3 rings (SSSR count). The number of aromatic nitrogens is 1. The first-order valence-electron chi connectivity index (χ1n) is 11.5. The summed E-state index contributed by atoms with van der Waals surface area (Å²) in [6, 6.07) is 0. The molecule has 1 aliphatic heterocycles. The molecule has 0 aromatic carbocycles. The number of rotatable bonds is 10. The first-order valence-corrected chi connectivity index (χ1v) is 12.4.